The second-order valence-electron chi connectivity index (χ2n) is 6.68. The first-order chi connectivity index (χ1) is 7.72. The highest BCUT2D eigenvalue weighted by Crippen LogP contribution is 2.26. The fourth-order valence-electron chi connectivity index (χ4n) is 2.40. The van der Waals surface area contributed by atoms with Crippen molar-refractivity contribution in [1.82, 2.24) is 15.1 Å². The van der Waals surface area contributed by atoms with Gasteiger partial charge in [-0.3, -0.25) is 4.68 Å². The molecular formula is C14H27N3. The molecule has 1 rings (SSSR count). The largest absolute Gasteiger partial charge is 0.308 e. The summed E-state index contributed by atoms with van der Waals surface area (Å²) in [6.07, 6.45) is 5.21. The molecule has 1 heterocycles. The van der Waals surface area contributed by atoms with E-state index in [0.717, 1.165) is 19.5 Å². The lowest BCUT2D eigenvalue weighted by Crippen LogP contribution is -2.41. The van der Waals surface area contributed by atoms with Crippen LogP contribution in [0.2, 0.25) is 0 Å². The van der Waals surface area contributed by atoms with E-state index >= 15 is 0 Å². The molecule has 1 N–H and O–H groups in total. The van der Waals surface area contributed by atoms with Crippen LogP contribution in [0.25, 0.3) is 0 Å². The van der Waals surface area contributed by atoms with Gasteiger partial charge < -0.3 is 5.32 Å². The van der Waals surface area contributed by atoms with Crippen molar-refractivity contribution in [3.63, 3.8) is 0 Å². The van der Waals surface area contributed by atoms with E-state index in [1.54, 1.807) is 0 Å². The minimum atomic E-state index is 0.159. The van der Waals surface area contributed by atoms with Crippen molar-refractivity contribution in [1.29, 1.82) is 0 Å². The van der Waals surface area contributed by atoms with Crippen LogP contribution < -0.4 is 5.32 Å². The number of rotatable bonds is 5. The summed E-state index contributed by atoms with van der Waals surface area (Å²) in [6, 6.07) is 0. The highest BCUT2D eigenvalue weighted by atomic mass is 15.3. The summed E-state index contributed by atoms with van der Waals surface area (Å²) in [6.45, 7) is 15.3. The standard InChI is InChI=1S/C14H27N3/c1-7-17-10-12(9-16-17)8-15-14(5,6)11-13(2,3)4/h9-10,15H,7-8,11H2,1-6H3. The van der Waals surface area contributed by atoms with Crippen molar-refractivity contribution in [2.75, 3.05) is 0 Å². The highest BCUT2D eigenvalue weighted by Gasteiger charge is 2.24. The van der Waals surface area contributed by atoms with Crippen LogP contribution >= 0.6 is 0 Å². The van der Waals surface area contributed by atoms with Gasteiger partial charge in [0, 0.05) is 30.4 Å². The normalized spacial score (nSPS) is 13.1. The average Bonchev–Trinajstić information content (AvgIpc) is 2.58. The Labute approximate surface area is 106 Å². The van der Waals surface area contributed by atoms with Crippen molar-refractivity contribution < 1.29 is 0 Å². The molecule has 0 atom stereocenters. The van der Waals surface area contributed by atoms with Crippen molar-refractivity contribution in [3.8, 4) is 0 Å². The van der Waals surface area contributed by atoms with Gasteiger partial charge >= 0.3 is 0 Å². The maximum absolute atomic E-state index is 4.29. The molecule has 1 aromatic heterocycles. The van der Waals surface area contributed by atoms with Gasteiger partial charge in [-0.2, -0.15) is 5.10 Å². The predicted octanol–water partition coefficient (Wildman–Crippen LogP) is 3.21. The molecule has 0 fully saturated rings. The van der Waals surface area contributed by atoms with Gasteiger partial charge in [-0.15, -0.1) is 0 Å². The van der Waals surface area contributed by atoms with E-state index in [9.17, 15) is 0 Å². The Balaban J connectivity index is 2.49. The predicted molar refractivity (Wildman–Crippen MR) is 72.9 cm³/mol. The summed E-state index contributed by atoms with van der Waals surface area (Å²) < 4.78 is 1.97. The van der Waals surface area contributed by atoms with Gasteiger partial charge in [0.1, 0.15) is 0 Å². The van der Waals surface area contributed by atoms with Gasteiger partial charge in [0.05, 0.1) is 6.20 Å². The molecular weight excluding hydrogens is 210 g/mol. The first-order valence-corrected chi connectivity index (χ1v) is 6.48. The Hall–Kier alpha value is -0.830. The van der Waals surface area contributed by atoms with Crippen molar-refractivity contribution in [3.05, 3.63) is 18.0 Å². The number of nitrogens with one attached hydrogen (secondary N) is 1. The average molecular weight is 237 g/mol. The van der Waals surface area contributed by atoms with E-state index in [1.165, 1.54) is 5.56 Å². The molecule has 17 heavy (non-hydrogen) atoms. The maximum Gasteiger partial charge on any atom is 0.0534 e. The molecule has 0 saturated heterocycles. The van der Waals surface area contributed by atoms with Gasteiger partial charge in [0.2, 0.25) is 0 Å². The summed E-state index contributed by atoms with van der Waals surface area (Å²) >= 11 is 0. The smallest absolute Gasteiger partial charge is 0.0534 e. The molecule has 0 unspecified atom stereocenters. The zero-order valence-electron chi connectivity index (χ0n) is 12.2. The van der Waals surface area contributed by atoms with Crippen LogP contribution in [0.4, 0.5) is 0 Å². The minimum Gasteiger partial charge on any atom is -0.308 e. The third-order valence-electron chi connectivity index (χ3n) is 2.75. The molecule has 0 aliphatic heterocycles. The summed E-state index contributed by atoms with van der Waals surface area (Å²) in [4.78, 5) is 0. The minimum absolute atomic E-state index is 0.159. The van der Waals surface area contributed by atoms with Gasteiger partial charge in [-0.05, 0) is 32.6 Å². The van der Waals surface area contributed by atoms with Crippen molar-refractivity contribution >= 4 is 0 Å². The van der Waals surface area contributed by atoms with E-state index in [4.69, 9.17) is 0 Å². The monoisotopic (exact) mass is 237 g/mol. The molecule has 3 nitrogen and oxygen atoms in total. The van der Waals surface area contributed by atoms with E-state index in [1.807, 2.05) is 10.9 Å². The molecule has 0 aliphatic carbocycles. The summed E-state index contributed by atoms with van der Waals surface area (Å²) in [5, 5.41) is 7.90. The van der Waals surface area contributed by atoms with Gasteiger partial charge in [0.25, 0.3) is 0 Å². The van der Waals surface area contributed by atoms with E-state index in [-0.39, 0.29) is 5.54 Å². The summed E-state index contributed by atoms with van der Waals surface area (Å²) in [7, 11) is 0. The lowest BCUT2D eigenvalue weighted by molar-refractivity contribution is 0.240. The maximum atomic E-state index is 4.29. The van der Waals surface area contributed by atoms with Crippen LogP contribution in [-0.2, 0) is 13.1 Å². The molecule has 3 heteroatoms. The lowest BCUT2D eigenvalue weighted by Gasteiger charge is -2.33. The lowest BCUT2D eigenvalue weighted by atomic mass is 9.82. The van der Waals surface area contributed by atoms with E-state index in [2.05, 4.69) is 58.2 Å². The first-order valence-electron chi connectivity index (χ1n) is 6.48. The van der Waals surface area contributed by atoms with Crippen molar-refractivity contribution in [2.45, 2.75) is 66.6 Å². The van der Waals surface area contributed by atoms with Crippen LogP contribution in [-0.4, -0.2) is 15.3 Å². The Morgan fingerprint density at radius 3 is 2.35 bits per heavy atom. The van der Waals surface area contributed by atoms with Crippen LogP contribution in [0, 0.1) is 5.41 Å². The molecule has 0 radical (unpaired) electrons. The Kier molecular flexibility index (Phi) is 4.36. The molecule has 0 spiro atoms. The SMILES string of the molecule is CCn1cc(CNC(C)(C)CC(C)(C)C)cn1. The number of hydrogen-bond acceptors (Lipinski definition) is 2. The quantitative estimate of drug-likeness (QED) is 0.852. The zero-order valence-corrected chi connectivity index (χ0v) is 12.2. The number of nitrogens with zero attached hydrogens (tertiary/aromatic N) is 2. The Morgan fingerprint density at radius 2 is 1.88 bits per heavy atom. The molecule has 0 aliphatic rings. The first kappa shape index (κ1) is 14.2. The third kappa shape index (κ3) is 5.35. The summed E-state index contributed by atoms with van der Waals surface area (Å²) in [5.41, 5.74) is 1.77. The van der Waals surface area contributed by atoms with Crippen LogP contribution in [0.1, 0.15) is 53.5 Å². The second-order valence-corrected chi connectivity index (χ2v) is 6.68. The Morgan fingerprint density at radius 1 is 1.24 bits per heavy atom. The van der Waals surface area contributed by atoms with Crippen LogP contribution in [0.15, 0.2) is 12.4 Å². The van der Waals surface area contributed by atoms with E-state index in [0.29, 0.717) is 5.41 Å². The zero-order chi connectivity index (χ0) is 13.1. The highest BCUT2D eigenvalue weighted by molar-refractivity contribution is 5.04. The molecule has 0 bridgehead atoms. The third-order valence-corrected chi connectivity index (χ3v) is 2.75. The molecule has 0 saturated carbocycles. The van der Waals surface area contributed by atoms with Crippen LogP contribution in [0.3, 0.4) is 0 Å². The van der Waals surface area contributed by atoms with E-state index < -0.39 is 0 Å². The number of hydrogen-bond donors (Lipinski definition) is 1. The molecule has 0 amide bonds. The topological polar surface area (TPSA) is 29.9 Å². The molecule has 98 valence electrons. The fraction of sp³-hybridized carbons (Fsp3) is 0.786. The van der Waals surface area contributed by atoms with Crippen molar-refractivity contribution in [2.24, 2.45) is 5.41 Å². The second kappa shape index (κ2) is 5.21. The van der Waals surface area contributed by atoms with Gasteiger partial charge in [-0.1, -0.05) is 20.8 Å². The Bertz CT molecular complexity index is 345. The number of aromatic nitrogens is 2. The summed E-state index contributed by atoms with van der Waals surface area (Å²) in [5.74, 6) is 0. The van der Waals surface area contributed by atoms with Gasteiger partial charge in [0.15, 0.2) is 0 Å². The number of aryl methyl sites for hydroxylation is 1. The van der Waals surface area contributed by atoms with Gasteiger partial charge in [-0.25, -0.2) is 0 Å². The molecule has 1 aromatic rings. The van der Waals surface area contributed by atoms with Crippen LogP contribution in [0.5, 0.6) is 0 Å². The molecule has 0 aromatic carbocycles. The fourth-order valence-corrected chi connectivity index (χ4v) is 2.40.